The summed E-state index contributed by atoms with van der Waals surface area (Å²) in [4.78, 5) is 28.1. The number of carbonyl (C=O) groups excluding carboxylic acids is 2. The third-order valence-electron chi connectivity index (χ3n) is 6.56. The number of amides is 2. The Bertz CT molecular complexity index is 888. The fourth-order valence-corrected chi connectivity index (χ4v) is 4.97. The Morgan fingerprint density at radius 3 is 2.60 bits per heavy atom. The maximum atomic E-state index is 13.2. The van der Waals surface area contributed by atoms with Crippen molar-refractivity contribution in [3.63, 3.8) is 0 Å². The number of nitrogens with one attached hydrogen (secondary N) is 2. The minimum Gasteiger partial charge on any atom is -0.497 e. The third-order valence-corrected chi connectivity index (χ3v) is 6.56. The van der Waals surface area contributed by atoms with E-state index in [1.807, 2.05) is 17.0 Å². The topological polar surface area (TPSA) is 80.6 Å². The van der Waals surface area contributed by atoms with Gasteiger partial charge in [-0.25, -0.2) is 0 Å². The van der Waals surface area contributed by atoms with Crippen molar-refractivity contribution in [2.45, 2.75) is 71.1 Å². The lowest BCUT2D eigenvalue weighted by molar-refractivity contribution is -0.151. The largest absolute Gasteiger partial charge is 0.497 e. The van der Waals surface area contributed by atoms with Crippen LogP contribution in [0.3, 0.4) is 0 Å². The zero-order chi connectivity index (χ0) is 21.6. The predicted octanol–water partition coefficient (Wildman–Crippen LogP) is 2.65. The number of hydrogen-bond acceptors (Lipinski definition) is 4. The Kier molecular flexibility index (Phi) is 5.62. The fourth-order valence-electron chi connectivity index (χ4n) is 4.97. The number of aryl methyl sites for hydroxylation is 1. The SMILES string of the molecule is COc1ccc(C2=C(CC3CN3)[C@H](CC(C)C)N3C(=O)[C@H](C)NC(=O)[C@@H]3C2)c(C)c1. The van der Waals surface area contributed by atoms with Crippen molar-refractivity contribution in [2.24, 2.45) is 5.92 Å². The van der Waals surface area contributed by atoms with Crippen LogP contribution in [0.25, 0.3) is 5.57 Å². The van der Waals surface area contributed by atoms with E-state index in [9.17, 15) is 9.59 Å². The van der Waals surface area contributed by atoms with Crippen LogP contribution >= 0.6 is 0 Å². The molecule has 0 radical (unpaired) electrons. The number of carbonyl (C=O) groups is 2. The van der Waals surface area contributed by atoms with Gasteiger partial charge in [-0.05, 0) is 67.0 Å². The zero-order valence-corrected chi connectivity index (χ0v) is 18.6. The predicted molar refractivity (Wildman–Crippen MR) is 117 cm³/mol. The molecule has 1 aromatic rings. The number of nitrogens with zero attached hydrogens (tertiary/aromatic N) is 1. The number of methoxy groups -OCH3 is 1. The van der Waals surface area contributed by atoms with Gasteiger partial charge in [0.05, 0.1) is 13.2 Å². The van der Waals surface area contributed by atoms with Gasteiger partial charge in [-0.2, -0.15) is 0 Å². The van der Waals surface area contributed by atoms with Crippen LogP contribution in [-0.2, 0) is 9.59 Å². The maximum absolute atomic E-state index is 13.2. The van der Waals surface area contributed by atoms with Crippen LogP contribution in [-0.4, -0.2) is 54.5 Å². The highest BCUT2D eigenvalue weighted by molar-refractivity contribution is 5.99. The molecule has 0 bridgehead atoms. The molecule has 2 saturated heterocycles. The number of hydrogen-bond donors (Lipinski definition) is 2. The van der Waals surface area contributed by atoms with E-state index in [2.05, 4.69) is 37.5 Å². The van der Waals surface area contributed by atoms with Crippen LogP contribution in [0.15, 0.2) is 23.8 Å². The summed E-state index contributed by atoms with van der Waals surface area (Å²) < 4.78 is 5.40. The first kappa shape index (κ1) is 20.9. The van der Waals surface area contributed by atoms with Gasteiger partial charge in [-0.1, -0.05) is 19.9 Å². The van der Waals surface area contributed by atoms with Crippen LogP contribution in [0.5, 0.6) is 5.75 Å². The maximum Gasteiger partial charge on any atom is 0.246 e. The van der Waals surface area contributed by atoms with Crippen LogP contribution < -0.4 is 15.4 Å². The number of piperazine rings is 1. The molecule has 2 N–H and O–H groups in total. The van der Waals surface area contributed by atoms with Gasteiger partial charge in [0.1, 0.15) is 17.8 Å². The molecule has 1 aromatic carbocycles. The summed E-state index contributed by atoms with van der Waals surface area (Å²) in [6.45, 7) is 9.27. The summed E-state index contributed by atoms with van der Waals surface area (Å²) in [5.74, 6) is 1.25. The molecule has 6 heteroatoms. The molecule has 2 amide bonds. The zero-order valence-electron chi connectivity index (χ0n) is 18.6. The minimum absolute atomic E-state index is 0.0383. The van der Waals surface area contributed by atoms with Crippen molar-refractivity contribution in [3.05, 3.63) is 34.9 Å². The molecule has 3 heterocycles. The molecule has 4 rings (SSSR count). The van der Waals surface area contributed by atoms with Gasteiger partial charge in [0, 0.05) is 19.0 Å². The monoisotopic (exact) mass is 411 g/mol. The van der Waals surface area contributed by atoms with E-state index in [1.54, 1.807) is 14.0 Å². The third kappa shape index (κ3) is 3.85. The lowest BCUT2D eigenvalue weighted by atomic mass is 9.77. The van der Waals surface area contributed by atoms with Crippen molar-refractivity contribution >= 4 is 17.4 Å². The first-order valence-corrected chi connectivity index (χ1v) is 11.0. The van der Waals surface area contributed by atoms with Crippen LogP contribution in [0.2, 0.25) is 0 Å². The lowest BCUT2D eigenvalue weighted by Gasteiger charge is -2.48. The molecule has 3 aliphatic rings. The van der Waals surface area contributed by atoms with E-state index in [1.165, 1.54) is 16.7 Å². The van der Waals surface area contributed by atoms with Gasteiger partial charge in [-0.15, -0.1) is 0 Å². The Morgan fingerprint density at radius 2 is 2.00 bits per heavy atom. The van der Waals surface area contributed by atoms with Gasteiger partial charge >= 0.3 is 0 Å². The second kappa shape index (κ2) is 8.06. The van der Waals surface area contributed by atoms with Crippen molar-refractivity contribution in [2.75, 3.05) is 13.7 Å². The van der Waals surface area contributed by atoms with Crippen molar-refractivity contribution in [1.29, 1.82) is 0 Å². The summed E-state index contributed by atoms with van der Waals surface area (Å²) in [7, 11) is 1.67. The molecule has 4 atom stereocenters. The average molecular weight is 412 g/mol. The van der Waals surface area contributed by atoms with Gasteiger partial charge in [0.15, 0.2) is 0 Å². The molecule has 30 heavy (non-hydrogen) atoms. The molecule has 2 fully saturated rings. The van der Waals surface area contributed by atoms with Gasteiger partial charge in [-0.3, -0.25) is 9.59 Å². The quantitative estimate of drug-likeness (QED) is 0.706. The van der Waals surface area contributed by atoms with E-state index in [-0.39, 0.29) is 17.9 Å². The highest BCUT2D eigenvalue weighted by atomic mass is 16.5. The van der Waals surface area contributed by atoms with Crippen LogP contribution in [0.4, 0.5) is 0 Å². The molecule has 0 aromatic heterocycles. The normalized spacial score (nSPS) is 28.5. The van der Waals surface area contributed by atoms with Gasteiger partial charge in [0.2, 0.25) is 11.8 Å². The van der Waals surface area contributed by atoms with Gasteiger partial charge < -0.3 is 20.3 Å². The molecule has 1 unspecified atom stereocenters. The lowest BCUT2D eigenvalue weighted by Crippen LogP contribution is -2.66. The summed E-state index contributed by atoms with van der Waals surface area (Å²) in [6, 6.07) is 5.66. The number of ether oxygens (including phenoxy) is 1. The molecule has 6 nitrogen and oxygen atoms in total. The summed E-state index contributed by atoms with van der Waals surface area (Å²) in [5.41, 5.74) is 4.85. The summed E-state index contributed by atoms with van der Waals surface area (Å²) >= 11 is 0. The van der Waals surface area contributed by atoms with Crippen molar-refractivity contribution in [3.8, 4) is 5.75 Å². The Morgan fingerprint density at radius 1 is 1.27 bits per heavy atom. The van der Waals surface area contributed by atoms with E-state index in [0.29, 0.717) is 18.4 Å². The fraction of sp³-hybridized carbons (Fsp3) is 0.583. The Balaban J connectivity index is 1.86. The molecular weight excluding hydrogens is 378 g/mol. The highest BCUT2D eigenvalue weighted by Gasteiger charge is 2.47. The average Bonchev–Trinajstić information content (AvgIpc) is 3.51. The first-order chi connectivity index (χ1) is 14.3. The number of fused-ring (bicyclic) bond motifs is 1. The molecular formula is C24H33N3O3. The molecule has 3 aliphatic heterocycles. The second-order valence-electron chi connectivity index (χ2n) is 9.33. The van der Waals surface area contributed by atoms with Crippen LogP contribution in [0.1, 0.15) is 51.2 Å². The summed E-state index contributed by atoms with van der Waals surface area (Å²) in [6.07, 6.45) is 2.35. The van der Waals surface area contributed by atoms with Crippen molar-refractivity contribution in [1.82, 2.24) is 15.5 Å². The molecule has 0 spiro atoms. The minimum atomic E-state index is -0.465. The standard InChI is InChI=1S/C24H33N3O3/c1-13(2)8-21-20(10-16-12-25-16)19(18-7-6-17(30-5)9-14(18)3)11-22-23(28)26-15(4)24(29)27(21)22/h6-7,9,13,15-16,21-22,25H,8,10-12H2,1-5H3,(H,26,28)/t15-,16?,21-,22-/m0/s1. The van der Waals surface area contributed by atoms with Crippen LogP contribution in [0, 0.1) is 12.8 Å². The van der Waals surface area contributed by atoms with E-state index in [4.69, 9.17) is 4.74 Å². The Hall–Kier alpha value is -2.34. The Labute approximate surface area is 179 Å². The number of benzene rings is 1. The summed E-state index contributed by atoms with van der Waals surface area (Å²) in [5, 5.41) is 6.31. The second-order valence-corrected chi connectivity index (χ2v) is 9.33. The molecule has 0 saturated carbocycles. The van der Waals surface area contributed by atoms with E-state index < -0.39 is 12.1 Å². The molecule has 0 aliphatic carbocycles. The smallest absolute Gasteiger partial charge is 0.246 e. The molecule has 162 valence electrons. The van der Waals surface area contributed by atoms with Gasteiger partial charge in [0.25, 0.3) is 0 Å². The van der Waals surface area contributed by atoms with E-state index in [0.717, 1.165) is 30.7 Å². The van der Waals surface area contributed by atoms with E-state index >= 15 is 0 Å². The first-order valence-electron chi connectivity index (χ1n) is 11.0. The van der Waals surface area contributed by atoms with Crippen molar-refractivity contribution < 1.29 is 14.3 Å². The number of rotatable bonds is 6. The highest BCUT2D eigenvalue weighted by Crippen LogP contribution is 2.42.